The zero-order chi connectivity index (χ0) is 14.4. The lowest BCUT2D eigenvalue weighted by molar-refractivity contribution is -0.146. The number of hydrogen-bond acceptors (Lipinski definition) is 5. The van der Waals surface area contributed by atoms with E-state index in [1.807, 2.05) is 30.3 Å². The quantitative estimate of drug-likeness (QED) is 0.390. The predicted molar refractivity (Wildman–Crippen MR) is 79.7 cm³/mol. The minimum absolute atomic E-state index is 0.158. The molecule has 0 radical (unpaired) electrons. The van der Waals surface area contributed by atoms with E-state index in [-0.39, 0.29) is 11.4 Å². The van der Waals surface area contributed by atoms with Crippen molar-refractivity contribution in [1.82, 2.24) is 5.32 Å². The molecule has 0 amide bonds. The lowest BCUT2D eigenvalue weighted by Crippen LogP contribution is -2.34. The Labute approximate surface area is 123 Å². The van der Waals surface area contributed by atoms with Crippen LogP contribution in [-0.2, 0) is 9.53 Å². The highest BCUT2D eigenvalue weighted by molar-refractivity contribution is 8.10. The number of para-hydroxylation sites is 1. The van der Waals surface area contributed by atoms with E-state index >= 15 is 0 Å². The number of carbonyl (C=O) groups excluding carboxylic acids is 1. The Bertz CT molecular complexity index is 486. The molecular formula is C14H18N2O3S. The van der Waals surface area contributed by atoms with E-state index in [1.165, 1.54) is 7.11 Å². The summed E-state index contributed by atoms with van der Waals surface area (Å²) in [4.78, 5) is 15.7. The van der Waals surface area contributed by atoms with Gasteiger partial charge in [-0.05, 0) is 25.0 Å². The van der Waals surface area contributed by atoms with Crippen molar-refractivity contribution in [1.29, 1.82) is 0 Å². The number of methoxy groups -OCH3 is 1. The first-order chi connectivity index (χ1) is 9.70. The normalized spacial score (nSPS) is 16.4. The van der Waals surface area contributed by atoms with Crippen LogP contribution < -0.4 is 9.50 Å². The van der Waals surface area contributed by atoms with Gasteiger partial charge in [0.2, 0.25) is 0 Å². The molecule has 1 aromatic rings. The average Bonchev–Trinajstić information content (AvgIpc) is 3.29. The number of amidine groups is 1. The molecule has 5 nitrogen and oxygen atoms in total. The number of esters is 1. The molecule has 0 aliphatic heterocycles. The molecule has 0 heterocycles. The molecule has 0 aromatic heterocycles. The molecule has 2 rings (SSSR count). The molecular weight excluding hydrogens is 276 g/mol. The van der Waals surface area contributed by atoms with Gasteiger partial charge < -0.3 is 14.2 Å². The van der Waals surface area contributed by atoms with Crippen LogP contribution in [0.15, 0.2) is 35.3 Å². The van der Waals surface area contributed by atoms with Crippen LogP contribution >= 0.6 is 12.0 Å². The van der Waals surface area contributed by atoms with Crippen LogP contribution in [0.4, 0.5) is 0 Å². The molecule has 0 atom stereocenters. The Balaban J connectivity index is 1.80. The van der Waals surface area contributed by atoms with Gasteiger partial charge in [0.1, 0.15) is 17.8 Å². The zero-order valence-corrected chi connectivity index (χ0v) is 12.4. The second-order valence-corrected chi connectivity index (χ2v) is 5.35. The Morgan fingerprint density at radius 1 is 1.40 bits per heavy atom. The van der Waals surface area contributed by atoms with Gasteiger partial charge in [-0.1, -0.05) is 18.2 Å². The summed E-state index contributed by atoms with van der Waals surface area (Å²) in [5.41, 5.74) is -0.377. The highest BCUT2D eigenvalue weighted by Crippen LogP contribution is 2.46. The summed E-state index contributed by atoms with van der Waals surface area (Å²) in [6.07, 6.45) is 1.71. The van der Waals surface area contributed by atoms with Crippen LogP contribution in [0.2, 0.25) is 0 Å². The van der Waals surface area contributed by atoms with Crippen molar-refractivity contribution < 1.29 is 13.7 Å². The highest BCUT2D eigenvalue weighted by atomic mass is 32.2. The third-order valence-electron chi connectivity index (χ3n) is 3.21. The van der Waals surface area contributed by atoms with Gasteiger partial charge in [0.25, 0.3) is 0 Å². The SMILES string of the molecule is CN=C(NCC1(C(=O)OC)CC1)SOc1ccccc1. The van der Waals surface area contributed by atoms with E-state index in [1.54, 1.807) is 7.05 Å². The number of ether oxygens (including phenoxy) is 1. The summed E-state index contributed by atoms with van der Waals surface area (Å²) < 4.78 is 10.4. The van der Waals surface area contributed by atoms with E-state index in [0.29, 0.717) is 11.7 Å². The van der Waals surface area contributed by atoms with Gasteiger partial charge in [-0.3, -0.25) is 9.79 Å². The Morgan fingerprint density at radius 3 is 2.65 bits per heavy atom. The van der Waals surface area contributed by atoms with Crippen molar-refractivity contribution >= 4 is 23.2 Å². The van der Waals surface area contributed by atoms with Gasteiger partial charge in [0, 0.05) is 13.6 Å². The average molecular weight is 294 g/mol. The minimum atomic E-state index is -0.377. The molecule has 1 N–H and O–H groups in total. The first-order valence-corrected chi connectivity index (χ1v) is 7.13. The van der Waals surface area contributed by atoms with Crippen molar-refractivity contribution in [2.45, 2.75) is 12.8 Å². The first-order valence-electron chi connectivity index (χ1n) is 6.39. The smallest absolute Gasteiger partial charge is 0.313 e. The van der Waals surface area contributed by atoms with Gasteiger partial charge in [-0.15, -0.1) is 0 Å². The second kappa shape index (κ2) is 6.65. The largest absolute Gasteiger partial charge is 0.469 e. The monoisotopic (exact) mass is 294 g/mol. The standard InChI is InChI=1S/C14H18N2O3S/c1-15-13(20-19-11-6-4-3-5-7-11)16-10-14(8-9-14)12(17)18-2/h3-7H,8-10H2,1-2H3,(H,15,16). The molecule has 1 aromatic carbocycles. The third-order valence-corrected chi connectivity index (χ3v) is 3.97. The summed E-state index contributed by atoms with van der Waals surface area (Å²) in [5.74, 6) is 0.601. The van der Waals surface area contributed by atoms with Crippen LogP contribution in [0.3, 0.4) is 0 Å². The van der Waals surface area contributed by atoms with E-state index in [4.69, 9.17) is 8.92 Å². The van der Waals surface area contributed by atoms with Gasteiger partial charge in [-0.2, -0.15) is 0 Å². The number of aliphatic imine (C=N–C) groups is 1. The molecule has 1 saturated carbocycles. The van der Waals surface area contributed by atoms with Crippen LogP contribution in [0, 0.1) is 5.41 Å². The van der Waals surface area contributed by atoms with Gasteiger partial charge in [0.05, 0.1) is 12.5 Å². The number of hydrogen-bond donors (Lipinski definition) is 1. The number of nitrogens with one attached hydrogen (secondary N) is 1. The first kappa shape index (κ1) is 14.7. The fraction of sp³-hybridized carbons (Fsp3) is 0.429. The molecule has 0 unspecified atom stereocenters. The van der Waals surface area contributed by atoms with Crippen LogP contribution in [0.1, 0.15) is 12.8 Å². The van der Waals surface area contributed by atoms with Gasteiger partial charge in [0.15, 0.2) is 5.17 Å². The number of nitrogens with zero attached hydrogens (tertiary/aromatic N) is 1. The fourth-order valence-corrected chi connectivity index (χ4v) is 2.27. The topological polar surface area (TPSA) is 59.9 Å². The number of benzene rings is 1. The Morgan fingerprint density at radius 2 is 2.10 bits per heavy atom. The van der Waals surface area contributed by atoms with Crippen LogP contribution in [0.5, 0.6) is 5.75 Å². The second-order valence-electron chi connectivity index (χ2n) is 4.63. The van der Waals surface area contributed by atoms with Gasteiger partial charge in [-0.25, -0.2) is 0 Å². The van der Waals surface area contributed by atoms with Crippen molar-refractivity contribution in [3.05, 3.63) is 30.3 Å². The molecule has 108 valence electrons. The molecule has 20 heavy (non-hydrogen) atoms. The van der Waals surface area contributed by atoms with E-state index in [9.17, 15) is 4.79 Å². The molecule has 1 fully saturated rings. The van der Waals surface area contributed by atoms with Gasteiger partial charge >= 0.3 is 5.97 Å². The third kappa shape index (κ3) is 3.66. The molecule has 0 spiro atoms. The van der Waals surface area contributed by atoms with Crippen LogP contribution in [-0.4, -0.2) is 31.8 Å². The van der Waals surface area contributed by atoms with Crippen molar-refractivity contribution in [3.8, 4) is 5.75 Å². The van der Waals surface area contributed by atoms with Crippen molar-refractivity contribution in [2.75, 3.05) is 20.7 Å². The summed E-state index contributed by atoms with van der Waals surface area (Å²) >= 11 is 1.15. The fourth-order valence-electron chi connectivity index (χ4n) is 1.77. The zero-order valence-electron chi connectivity index (χ0n) is 11.6. The maximum Gasteiger partial charge on any atom is 0.313 e. The lowest BCUT2D eigenvalue weighted by Gasteiger charge is -2.14. The maximum absolute atomic E-state index is 11.6. The van der Waals surface area contributed by atoms with Crippen molar-refractivity contribution in [2.24, 2.45) is 10.4 Å². The van der Waals surface area contributed by atoms with Crippen molar-refractivity contribution in [3.63, 3.8) is 0 Å². The highest BCUT2D eigenvalue weighted by Gasteiger charge is 2.51. The number of rotatable bonds is 5. The maximum atomic E-state index is 11.6. The Hall–Kier alpha value is -1.69. The Kier molecular flexibility index (Phi) is 4.89. The van der Waals surface area contributed by atoms with E-state index in [0.717, 1.165) is 30.6 Å². The molecule has 0 bridgehead atoms. The van der Waals surface area contributed by atoms with E-state index < -0.39 is 0 Å². The molecule has 1 aliphatic carbocycles. The summed E-state index contributed by atoms with van der Waals surface area (Å²) in [5, 5.41) is 3.79. The molecule has 6 heteroatoms. The lowest BCUT2D eigenvalue weighted by atomic mass is 10.1. The van der Waals surface area contributed by atoms with E-state index in [2.05, 4.69) is 10.3 Å². The number of carbonyl (C=O) groups is 1. The van der Waals surface area contributed by atoms with Crippen LogP contribution in [0.25, 0.3) is 0 Å². The summed E-state index contributed by atoms with van der Waals surface area (Å²) in [7, 11) is 3.10. The summed E-state index contributed by atoms with van der Waals surface area (Å²) in [6, 6.07) is 9.48. The molecule has 1 aliphatic rings. The summed E-state index contributed by atoms with van der Waals surface area (Å²) in [6.45, 7) is 0.525. The minimum Gasteiger partial charge on any atom is -0.469 e. The molecule has 0 saturated heterocycles. The predicted octanol–water partition coefficient (Wildman–Crippen LogP) is 2.24.